The average molecular weight is 433 g/mol. The van der Waals surface area contributed by atoms with Gasteiger partial charge in [0.2, 0.25) is 6.79 Å². The van der Waals surface area contributed by atoms with Gasteiger partial charge in [-0.25, -0.2) is 14.6 Å². The third-order valence-corrected chi connectivity index (χ3v) is 4.65. The van der Waals surface area contributed by atoms with Crippen molar-refractivity contribution in [2.75, 3.05) is 13.9 Å². The first kappa shape index (κ1) is 19.4. The molecule has 0 amide bonds. The summed E-state index contributed by atoms with van der Waals surface area (Å²) in [5.41, 5.74) is 1.00. The van der Waals surface area contributed by atoms with Crippen molar-refractivity contribution < 1.29 is 37.7 Å². The average Bonchev–Trinajstić information content (AvgIpc) is 3.55. The van der Waals surface area contributed by atoms with Crippen LogP contribution in [0.5, 0.6) is 23.0 Å². The fourth-order valence-electron chi connectivity index (χ4n) is 3.11. The standard InChI is InChI=1S/C23H15NO8/c1-27-19-10-13(9-15-23(26)32-21(24-15)18-3-2-8-28-18)4-6-17(19)31-22(25)14-5-7-16-20(11-14)30-12-29-16/h2-11H,12H2,1H3/b15-9+. The van der Waals surface area contributed by atoms with E-state index in [0.29, 0.717) is 34.1 Å². The van der Waals surface area contributed by atoms with Gasteiger partial charge >= 0.3 is 11.9 Å². The van der Waals surface area contributed by atoms with Gasteiger partial charge in [-0.05, 0) is 54.1 Å². The highest BCUT2D eigenvalue weighted by atomic mass is 16.7. The predicted octanol–water partition coefficient (Wildman–Crippen LogP) is 3.58. The third kappa shape index (κ3) is 3.67. The van der Waals surface area contributed by atoms with Crippen molar-refractivity contribution in [3.05, 3.63) is 77.4 Å². The number of cyclic esters (lactones) is 1. The number of benzene rings is 2. The van der Waals surface area contributed by atoms with Crippen molar-refractivity contribution >= 4 is 23.9 Å². The van der Waals surface area contributed by atoms with Crippen LogP contribution in [0.25, 0.3) is 6.08 Å². The minimum atomic E-state index is -0.603. The van der Waals surface area contributed by atoms with Crippen LogP contribution in [0.15, 0.2) is 69.9 Å². The number of aliphatic imine (C=N–C) groups is 1. The van der Waals surface area contributed by atoms with E-state index in [9.17, 15) is 9.59 Å². The van der Waals surface area contributed by atoms with Crippen molar-refractivity contribution in [3.63, 3.8) is 0 Å². The summed E-state index contributed by atoms with van der Waals surface area (Å²) in [6.07, 6.45) is 2.99. The van der Waals surface area contributed by atoms with E-state index in [1.165, 1.54) is 19.4 Å². The SMILES string of the molecule is COc1cc(/C=C2/N=C(c3ccco3)OC2=O)ccc1OC(=O)c1ccc2c(c1)OCO2. The third-order valence-electron chi connectivity index (χ3n) is 4.65. The minimum Gasteiger partial charge on any atom is -0.493 e. The summed E-state index contributed by atoms with van der Waals surface area (Å²) in [5, 5.41) is 0. The zero-order valence-electron chi connectivity index (χ0n) is 16.7. The summed E-state index contributed by atoms with van der Waals surface area (Å²) >= 11 is 0. The Labute approximate surface area is 181 Å². The number of hydrogen-bond donors (Lipinski definition) is 0. The predicted molar refractivity (Wildman–Crippen MR) is 110 cm³/mol. The van der Waals surface area contributed by atoms with E-state index in [-0.39, 0.29) is 24.1 Å². The van der Waals surface area contributed by atoms with Gasteiger partial charge in [-0.15, -0.1) is 0 Å². The highest BCUT2D eigenvalue weighted by Gasteiger charge is 2.26. The fraction of sp³-hybridized carbons (Fsp3) is 0.0870. The Morgan fingerprint density at radius 1 is 1.06 bits per heavy atom. The van der Waals surface area contributed by atoms with Crippen molar-refractivity contribution in [2.24, 2.45) is 4.99 Å². The normalized spacial score (nSPS) is 15.5. The maximum atomic E-state index is 12.6. The molecule has 0 atom stereocenters. The molecule has 0 N–H and O–H groups in total. The van der Waals surface area contributed by atoms with Crippen molar-refractivity contribution in [1.29, 1.82) is 0 Å². The van der Waals surface area contributed by atoms with E-state index in [1.54, 1.807) is 48.5 Å². The Morgan fingerprint density at radius 3 is 2.75 bits per heavy atom. The van der Waals surface area contributed by atoms with E-state index in [4.69, 9.17) is 28.1 Å². The van der Waals surface area contributed by atoms with Gasteiger partial charge in [0.15, 0.2) is 34.5 Å². The molecule has 2 aliphatic heterocycles. The number of fused-ring (bicyclic) bond motifs is 1. The number of esters is 2. The van der Waals surface area contributed by atoms with Crippen molar-refractivity contribution in [3.8, 4) is 23.0 Å². The molecule has 0 bridgehead atoms. The summed E-state index contributed by atoms with van der Waals surface area (Å²) in [6, 6.07) is 12.9. The zero-order valence-corrected chi connectivity index (χ0v) is 16.7. The van der Waals surface area contributed by atoms with Crippen molar-refractivity contribution in [1.82, 2.24) is 0 Å². The van der Waals surface area contributed by atoms with Crippen LogP contribution in [0.1, 0.15) is 21.7 Å². The Hall–Kier alpha value is -4.53. The first-order valence-electron chi connectivity index (χ1n) is 9.47. The second kappa shape index (κ2) is 7.95. The number of nitrogens with zero attached hydrogens (tertiary/aromatic N) is 1. The lowest BCUT2D eigenvalue weighted by atomic mass is 10.1. The Bertz CT molecular complexity index is 1270. The van der Waals surface area contributed by atoms with Gasteiger partial charge < -0.3 is 28.1 Å². The molecule has 5 rings (SSSR count). The number of furan rings is 1. The molecule has 0 saturated carbocycles. The molecule has 9 nitrogen and oxygen atoms in total. The Balaban J connectivity index is 1.37. The number of rotatable bonds is 5. The number of methoxy groups -OCH3 is 1. The molecule has 3 heterocycles. The molecule has 32 heavy (non-hydrogen) atoms. The van der Waals surface area contributed by atoms with E-state index in [0.717, 1.165) is 0 Å². The van der Waals surface area contributed by atoms with Crippen LogP contribution >= 0.6 is 0 Å². The molecular weight excluding hydrogens is 418 g/mol. The largest absolute Gasteiger partial charge is 0.493 e. The lowest BCUT2D eigenvalue weighted by molar-refractivity contribution is -0.130. The van der Waals surface area contributed by atoms with Crippen LogP contribution < -0.4 is 18.9 Å². The molecule has 1 aromatic heterocycles. The quantitative estimate of drug-likeness (QED) is 0.342. The van der Waals surface area contributed by atoms with E-state index in [2.05, 4.69) is 4.99 Å². The highest BCUT2D eigenvalue weighted by molar-refractivity contribution is 6.11. The van der Waals surface area contributed by atoms with E-state index in [1.807, 2.05) is 0 Å². The van der Waals surface area contributed by atoms with Gasteiger partial charge in [0.1, 0.15) is 0 Å². The van der Waals surface area contributed by atoms with Crippen LogP contribution in [-0.2, 0) is 9.53 Å². The van der Waals surface area contributed by atoms with Crippen LogP contribution in [0, 0.1) is 0 Å². The van der Waals surface area contributed by atoms with Gasteiger partial charge in [-0.2, -0.15) is 0 Å². The number of hydrogen-bond acceptors (Lipinski definition) is 9. The molecule has 160 valence electrons. The van der Waals surface area contributed by atoms with Gasteiger partial charge in [0.05, 0.1) is 18.9 Å². The number of ether oxygens (including phenoxy) is 5. The molecule has 0 unspecified atom stereocenters. The summed E-state index contributed by atoms with van der Waals surface area (Å²) in [4.78, 5) is 28.9. The molecule has 0 saturated heterocycles. The van der Waals surface area contributed by atoms with E-state index < -0.39 is 11.9 Å². The minimum absolute atomic E-state index is 0.0903. The number of carbonyl (C=O) groups is 2. The van der Waals surface area contributed by atoms with Crippen LogP contribution in [0.2, 0.25) is 0 Å². The summed E-state index contributed by atoms with van der Waals surface area (Å²) in [6.45, 7) is 0.110. The second-order valence-corrected chi connectivity index (χ2v) is 6.68. The second-order valence-electron chi connectivity index (χ2n) is 6.68. The molecule has 0 radical (unpaired) electrons. The first-order chi connectivity index (χ1) is 15.6. The van der Waals surface area contributed by atoms with Crippen LogP contribution in [-0.4, -0.2) is 31.7 Å². The zero-order chi connectivity index (χ0) is 22.1. The molecule has 9 heteroatoms. The molecule has 2 aliphatic rings. The monoisotopic (exact) mass is 433 g/mol. The highest BCUT2D eigenvalue weighted by Crippen LogP contribution is 2.34. The summed E-state index contributed by atoms with van der Waals surface area (Å²) in [5.74, 6) is 0.818. The summed E-state index contributed by atoms with van der Waals surface area (Å²) in [7, 11) is 1.45. The van der Waals surface area contributed by atoms with Gasteiger partial charge in [-0.1, -0.05) is 6.07 Å². The smallest absolute Gasteiger partial charge is 0.363 e. The molecule has 3 aromatic rings. The number of carbonyl (C=O) groups excluding carboxylic acids is 2. The Morgan fingerprint density at radius 2 is 1.94 bits per heavy atom. The van der Waals surface area contributed by atoms with Gasteiger partial charge in [-0.3, -0.25) is 0 Å². The van der Waals surface area contributed by atoms with Crippen molar-refractivity contribution in [2.45, 2.75) is 0 Å². The van der Waals surface area contributed by atoms with Gasteiger partial charge in [0, 0.05) is 0 Å². The maximum Gasteiger partial charge on any atom is 0.363 e. The lowest BCUT2D eigenvalue weighted by Crippen LogP contribution is -2.09. The molecule has 0 fully saturated rings. The van der Waals surface area contributed by atoms with E-state index >= 15 is 0 Å². The topological polar surface area (TPSA) is 106 Å². The molecule has 0 spiro atoms. The summed E-state index contributed by atoms with van der Waals surface area (Å²) < 4.78 is 31.7. The lowest BCUT2D eigenvalue weighted by Gasteiger charge is -2.10. The fourth-order valence-corrected chi connectivity index (χ4v) is 3.11. The molecular formula is C23H15NO8. The van der Waals surface area contributed by atoms with Crippen LogP contribution in [0.4, 0.5) is 0 Å². The first-order valence-corrected chi connectivity index (χ1v) is 9.47. The van der Waals surface area contributed by atoms with Crippen LogP contribution in [0.3, 0.4) is 0 Å². The maximum absolute atomic E-state index is 12.6. The molecule has 2 aromatic carbocycles. The molecule has 0 aliphatic carbocycles. The Kier molecular flexibility index (Phi) is 4.83. The van der Waals surface area contributed by atoms with Gasteiger partial charge in [0.25, 0.3) is 5.90 Å².